The van der Waals surface area contributed by atoms with Crippen molar-refractivity contribution in [3.63, 3.8) is 0 Å². The van der Waals surface area contributed by atoms with Gasteiger partial charge in [0.15, 0.2) is 0 Å². The lowest BCUT2D eigenvalue weighted by Crippen LogP contribution is -2.05. The summed E-state index contributed by atoms with van der Waals surface area (Å²) in [5.41, 5.74) is 1.96. The zero-order valence-electron chi connectivity index (χ0n) is 10.9. The molecule has 5 heteroatoms. The topological polar surface area (TPSA) is 52.0 Å². The maximum Gasteiger partial charge on any atom is 0.119 e. The van der Waals surface area contributed by atoms with Gasteiger partial charge in [-0.25, -0.2) is 0 Å². The van der Waals surface area contributed by atoms with Gasteiger partial charge in [-0.05, 0) is 38.1 Å². The van der Waals surface area contributed by atoms with E-state index in [2.05, 4.69) is 15.6 Å². The Labute approximate surface area is 107 Å². The highest BCUT2D eigenvalue weighted by atomic mass is 16.5. The SMILES string of the molecule is CC(C)Oc1ccc(NCc2cn(C)nn2)cc1. The molecule has 5 nitrogen and oxygen atoms in total. The Hall–Kier alpha value is -2.04. The number of nitrogens with zero attached hydrogens (tertiary/aromatic N) is 3. The minimum Gasteiger partial charge on any atom is -0.491 e. The van der Waals surface area contributed by atoms with Crippen molar-refractivity contribution >= 4 is 5.69 Å². The Bertz CT molecular complexity index is 490. The maximum absolute atomic E-state index is 5.58. The molecular formula is C13H18N4O. The Kier molecular flexibility index (Phi) is 3.82. The zero-order chi connectivity index (χ0) is 13.0. The summed E-state index contributed by atoms with van der Waals surface area (Å²) in [6.45, 7) is 4.69. The van der Waals surface area contributed by atoms with E-state index in [1.807, 2.05) is 51.4 Å². The van der Waals surface area contributed by atoms with Crippen molar-refractivity contribution in [2.24, 2.45) is 7.05 Å². The van der Waals surface area contributed by atoms with Crippen molar-refractivity contribution in [1.82, 2.24) is 15.0 Å². The van der Waals surface area contributed by atoms with Gasteiger partial charge in [-0.3, -0.25) is 4.68 Å². The predicted molar refractivity (Wildman–Crippen MR) is 70.5 cm³/mol. The van der Waals surface area contributed by atoms with Gasteiger partial charge in [-0.15, -0.1) is 5.10 Å². The van der Waals surface area contributed by atoms with Crippen LogP contribution in [0.3, 0.4) is 0 Å². The average Bonchev–Trinajstić information content (AvgIpc) is 2.74. The van der Waals surface area contributed by atoms with E-state index in [9.17, 15) is 0 Å². The van der Waals surface area contributed by atoms with Crippen molar-refractivity contribution in [2.45, 2.75) is 26.5 Å². The second-order valence-electron chi connectivity index (χ2n) is 4.43. The van der Waals surface area contributed by atoms with Gasteiger partial charge in [-0.1, -0.05) is 5.21 Å². The zero-order valence-corrected chi connectivity index (χ0v) is 10.9. The molecule has 2 aromatic rings. The van der Waals surface area contributed by atoms with E-state index in [0.717, 1.165) is 17.1 Å². The number of anilines is 1. The van der Waals surface area contributed by atoms with Gasteiger partial charge in [0.2, 0.25) is 0 Å². The summed E-state index contributed by atoms with van der Waals surface area (Å²) in [6, 6.07) is 7.90. The minimum atomic E-state index is 0.198. The Morgan fingerprint density at radius 3 is 2.56 bits per heavy atom. The van der Waals surface area contributed by atoms with Crippen LogP contribution in [0.1, 0.15) is 19.5 Å². The molecule has 2 rings (SSSR count). The van der Waals surface area contributed by atoms with Crippen LogP contribution >= 0.6 is 0 Å². The molecule has 1 N–H and O–H groups in total. The van der Waals surface area contributed by atoms with Gasteiger partial charge in [0.1, 0.15) is 11.4 Å². The molecule has 0 aliphatic heterocycles. The molecule has 0 saturated carbocycles. The fraction of sp³-hybridized carbons (Fsp3) is 0.385. The smallest absolute Gasteiger partial charge is 0.119 e. The van der Waals surface area contributed by atoms with Gasteiger partial charge in [0.25, 0.3) is 0 Å². The molecule has 0 aliphatic rings. The van der Waals surface area contributed by atoms with Crippen LogP contribution in [0.5, 0.6) is 5.75 Å². The molecule has 18 heavy (non-hydrogen) atoms. The molecule has 0 amide bonds. The molecule has 0 radical (unpaired) electrons. The van der Waals surface area contributed by atoms with E-state index in [-0.39, 0.29) is 6.10 Å². The van der Waals surface area contributed by atoms with E-state index in [4.69, 9.17) is 4.74 Å². The molecule has 0 saturated heterocycles. The quantitative estimate of drug-likeness (QED) is 0.878. The third-order valence-corrected chi connectivity index (χ3v) is 2.35. The third-order valence-electron chi connectivity index (χ3n) is 2.35. The minimum absolute atomic E-state index is 0.198. The first-order chi connectivity index (χ1) is 8.63. The first kappa shape index (κ1) is 12.4. The molecule has 1 aromatic carbocycles. The Morgan fingerprint density at radius 2 is 2.00 bits per heavy atom. The van der Waals surface area contributed by atoms with Crippen LogP contribution in [0.15, 0.2) is 30.5 Å². The number of aryl methyl sites for hydroxylation is 1. The molecule has 0 aliphatic carbocycles. The fourth-order valence-electron chi connectivity index (χ4n) is 1.59. The normalized spacial score (nSPS) is 10.7. The molecule has 0 spiro atoms. The van der Waals surface area contributed by atoms with Crippen LogP contribution in [0, 0.1) is 0 Å². The highest BCUT2D eigenvalue weighted by Crippen LogP contribution is 2.17. The van der Waals surface area contributed by atoms with Crippen molar-refractivity contribution < 1.29 is 4.74 Å². The van der Waals surface area contributed by atoms with Gasteiger partial charge >= 0.3 is 0 Å². The second-order valence-corrected chi connectivity index (χ2v) is 4.43. The lowest BCUT2D eigenvalue weighted by molar-refractivity contribution is 0.242. The van der Waals surface area contributed by atoms with Crippen molar-refractivity contribution in [3.05, 3.63) is 36.2 Å². The summed E-state index contributed by atoms with van der Waals surface area (Å²) in [4.78, 5) is 0. The maximum atomic E-state index is 5.58. The van der Waals surface area contributed by atoms with E-state index in [1.165, 1.54) is 0 Å². The summed E-state index contributed by atoms with van der Waals surface area (Å²) < 4.78 is 7.27. The van der Waals surface area contributed by atoms with Crippen molar-refractivity contribution in [2.75, 3.05) is 5.32 Å². The lowest BCUT2D eigenvalue weighted by atomic mass is 10.3. The van der Waals surface area contributed by atoms with Gasteiger partial charge in [-0.2, -0.15) is 0 Å². The van der Waals surface area contributed by atoms with Crippen LogP contribution in [0.2, 0.25) is 0 Å². The summed E-state index contributed by atoms with van der Waals surface area (Å²) in [6.07, 6.45) is 2.09. The fourth-order valence-corrected chi connectivity index (χ4v) is 1.59. The number of hydrogen-bond donors (Lipinski definition) is 1. The number of ether oxygens (including phenoxy) is 1. The first-order valence-electron chi connectivity index (χ1n) is 5.99. The van der Waals surface area contributed by atoms with Crippen LogP contribution in [-0.2, 0) is 13.6 Å². The molecule has 1 heterocycles. The molecule has 1 aromatic heterocycles. The standard InChI is InChI=1S/C13H18N4O/c1-10(2)18-13-6-4-11(5-7-13)14-8-12-9-17(3)16-15-12/h4-7,9-10,14H,8H2,1-3H3. The second kappa shape index (κ2) is 5.53. The highest BCUT2D eigenvalue weighted by Gasteiger charge is 2.00. The first-order valence-corrected chi connectivity index (χ1v) is 5.99. The van der Waals surface area contributed by atoms with E-state index in [0.29, 0.717) is 6.54 Å². The largest absolute Gasteiger partial charge is 0.491 e. The Morgan fingerprint density at radius 1 is 1.28 bits per heavy atom. The molecule has 0 unspecified atom stereocenters. The van der Waals surface area contributed by atoms with Crippen LogP contribution in [-0.4, -0.2) is 21.1 Å². The van der Waals surface area contributed by atoms with E-state index in [1.54, 1.807) is 4.68 Å². The molecule has 0 atom stereocenters. The van der Waals surface area contributed by atoms with E-state index < -0.39 is 0 Å². The summed E-state index contributed by atoms with van der Waals surface area (Å²) in [5.74, 6) is 0.884. The predicted octanol–water partition coefficient (Wildman–Crippen LogP) is 2.21. The molecule has 96 valence electrons. The number of benzene rings is 1. The van der Waals surface area contributed by atoms with Gasteiger partial charge in [0.05, 0.1) is 12.6 Å². The molecule has 0 bridgehead atoms. The highest BCUT2D eigenvalue weighted by molar-refractivity contribution is 5.46. The number of aromatic nitrogens is 3. The lowest BCUT2D eigenvalue weighted by Gasteiger charge is -2.10. The third kappa shape index (κ3) is 3.48. The van der Waals surface area contributed by atoms with Gasteiger partial charge in [0, 0.05) is 18.9 Å². The number of nitrogens with one attached hydrogen (secondary N) is 1. The van der Waals surface area contributed by atoms with Crippen LogP contribution < -0.4 is 10.1 Å². The number of hydrogen-bond acceptors (Lipinski definition) is 4. The van der Waals surface area contributed by atoms with E-state index >= 15 is 0 Å². The molecule has 0 fully saturated rings. The van der Waals surface area contributed by atoms with Crippen LogP contribution in [0.25, 0.3) is 0 Å². The summed E-state index contributed by atoms with van der Waals surface area (Å²) in [5, 5.41) is 11.2. The summed E-state index contributed by atoms with van der Waals surface area (Å²) in [7, 11) is 1.86. The molecular weight excluding hydrogens is 228 g/mol. The van der Waals surface area contributed by atoms with Gasteiger partial charge < -0.3 is 10.1 Å². The summed E-state index contributed by atoms with van der Waals surface area (Å²) >= 11 is 0. The van der Waals surface area contributed by atoms with Crippen molar-refractivity contribution in [3.8, 4) is 5.75 Å². The van der Waals surface area contributed by atoms with Crippen molar-refractivity contribution in [1.29, 1.82) is 0 Å². The monoisotopic (exact) mass is 246 g/mol. The number of rotatable bonds is 5. The Balaban J connectivity index is 1.90. The average molecular weight is 246 g/mol. The van der Waals surface area contributed by atoms with Crippen LogP contribution in [0.4, 0.5) is 5.69 Å².